The number of imidazole rings is 1. The molecule has 12 heteroatoms. The van der Waals surface area contributed by atoms with E-state index in [0.29, 0.717) is 55.3 Å². The van der Waals surface area contributed by atoms with E-state index >= 15 is 8.78 Å². The summed E-state index contributed by atoms with van der Waals surface area (Å²) in [6, 6.07) is 10.1. The van der Waals surface area contributed by atoms with E-state index in [0.717, 1.165) is 0 Å². The number of nitrogens with one attached hydrogen (secondary N) is 2. The van der Waals surface area contributed by atoms with Crippen LogP contribution in [0.1, 0.15) is 13.8 Å². The van der Waals surface area contributed by atoms with E-state index in [2.05, 4.69) is 37.2 Å². The molecule has 3 heterocycles. The van der Waals surface area contributed by atoms with Gasteiger partial charge in [-0.25, -0.2) is 23.3 Å². The van der Waals surface area contributed by atoms with Crippen LogP contribution < -0.4 is 15.5 Å². The molecule has 4 aromatic rings. The van der Waals surface area contributed by atoms with E-state index < -0.39 is 17.2 Å². The Morgan fingerprint density at radius 3 is 2.58 bits per heavy atom. The Balaban J connectivity index is 1.34. The van der Waals surface area contributed by atoms with Gasteiger partial charge in [-0.2, -0.15) is 0 Å². The molecule has 1 aliphatic heterocycles. The Bertz CT molecular complexity index is 1560. The molecule has 0 bridgehead atoms. The maximum absolute atomic E-state index is 15.2. The van der Waals surface area contributed by atoms with Gasteiger partial charge in [0.05, 0.1) is 29.4 Å². The second kappa shape index (κ2) is 11.0. The van der Waals surface area contributed by atoms with E-state index in [1.807, 2.05) is 6.07 Å². The van der Waals surface area contributed by atoms with Gasteiger partial charge in [0.2, 0.25) is 11.9 Å². The van der Waals surface area contributed by atoms with Crippen LogP contribution in [0, 0.1) is 11.6 Å². The molecule has 1 aliphatic rings. The molecule has 40 heavy (non-hydrogen) atoms. The maximum atomic E-state index is 15.2. The van der Waals surface area contributed by atoms with Gasteiger partial charge in [-0.15, -0.1) is 5.10 Å². The average Bonchev–Trinajstić information content (AvgIpc) is 3.35. The fourth-order valence-electron chi connectivity index (χ4n) is 4.68. The van der Waals surface area contributed by atoms with Gasteiger partial charge < -0.3 is 20.6 Å². The van der Waals surface area contributed by atoms with Gasteiger partial charge in [-0.05, 0) is 44.2 Å². The number of nitrogens with zero attached hydrogens (tertiary/aromatic N) is 6. The van der Waals surface area contributed by atoms with Crippen LogP contribution in [0.4, 0.5) is 31.8 Å². The molecule has 0 unspecified atom stereocenters. The minimum Gasteiger partial charge on any atom is -0.389 e. The third kappa shape index (κ3) is 5.92. The first-order valence-corrected chi connectivity index (χ1v) is 12.8. The molecule has 2 aromatic carbocycles. The highest BCUT2D eigenvalue weighted by molar-refractivity contribution is 5.99. The third-order valence-corrected chi connectivity index (χ3v) is 6.48. The van der Waals surface area contributed by atoms with E-state index in [4.69, 9.17) is 0 Å². The normalized spacial score (nSPS) is 14.4. The van der Waals surface area contributed by atoms with Gasteiger partial charge in [0.1, 0.15) is 5.52 Å². The van der Waals surface area contributed by atoms with Gasteiger partial charge in [0, 0.05) is 44.0 Å². The third-order valence-electron chi connectivity index (χ3n) is 6.48. The summed E-state index contributed by atoms with van der Waals surface area (Å²) in [7, 11) is 0. The van der Waals surface area contributed by atoms with Crippen molar-refractivity contribution in [1.29, 1.82) is 0 Å². The molecule has 0 radical (unpaired) electrons. The number of piperazine rings is 1. The molecular weight excluding hydrogens is 518 g/mol. The fourth-order valence-corrected chi connectivity index (χ4v) is 4.68. The van der Waals surface area contributed by atoms with Gasteiger partial charge in [-0.1, -0.05) is 18.7 Å². The zero-order valence-corrected chi connectivity index (χ0v) is 22.2. The van der Waals surface area contributed by atoms with Crippen LogP contribution in [0.25, 0.3) is 16.9 Å². The average molecular weight is 549 g/mol. The highest BCUT2D eigenvalue weighted by atomic mass is 19.2. The van der Waals surface area contributed by atoms with Gasteiger partial charge in [0.15, 0.2) is 17.5 Å². The molecular formula is C28H30F2N8O2. The molecule has 1 fully saturated rings. The molecule has 1 amide bonds. The number of amides is 1. The molecule has 2 aromatic heterocycles. The quantitative estimate of drug-likeness (QED) is 0.285. The number of anilines is 4. The molecule has 0 saturated carbocycles. The number of hydrogen-bond donors (Lipinski definition) is 3. The van der Waals surface area contributed by atoms with E-state index in [1.54, 1.807) is 43.1 Å². The van der Waals surface area contributed by atoms with Crippen molar-refractivity contribution in [3.05, 3.63) is 73.1 Å². The van der Waals surface area contributed by atoms with Crippen molar-refractivity contribution < 1.29 is 18.7 Å². The van der Waals surface area contributed by atoms with Crippen LogP contribution in [-0.4, -0.2) is 73.8 Å². The smallest absolute Gasteiger partial charge is 0.247 e. The zero-order valence-electron chi connectivity index (χ0n) is 22.2. The van der Waals surface area contributed by atoms with Crippen molar-refractivity contribution >= 4 is 34.4 Å². The van der Waals surface area contributed by atoms with Crippen molar-refractivity contribution in [3.63, 3.8) is 0 Å². The number of benzene rings is 2. The highest BCUT2D eigenvalue weighted by Crippen LogP contribution is 2.30. The first-order chi connectivity index (χ1) is 19.1. The summed E-state index contributed by atoms with van der Waals surface area (Å²) in [5.74, 6) is -1.80. The summed E-state index contributed by atoms with van der Waals surface area (Å²) in [5, 5.41) is 20.0. The lowest BCUT2D eigenvalue weighted by atomic mass is 10.1. The lowest BCUT2D eigenvalue weighted by molar-refractivity contribution is -0.111. The van der Waals surface area contributed by atoms with E-state index in [9.17, 15) is 9.90 Å². The second-order valence-corrected chi connectivity index (χ2v) is 10.2. The van der Waals surface area contributed by atoms with Gasteiger partial charge in [0.25, 0.3) is 0 Å². The summed E-state index contributed by atoms with van der Waals surface area (Å²) in [5.41, 5.74) is 1.09. The predicted molar refractivity (Wildman–Crippen MR) is 150 cm³/mol. The number of fused-ring (bicyclic) bond motifs is 1. The molecule has 208 valence electrons. The predicted octanol–water partition coefficient (Wildman–Crippen LogP) is 3.83. The number of hydrogen-bond acceptors (Lipinski definition) is 8. The SMILES string of the molecule is C=CC(=O)Nc1cccc(-c2ncc3cnc(Nc4ccc(N5CCN(CC(C)(C)O)CC5)c(F)c4F)nn23)c1. The largest absolute Gasteiger partial charge is 0.389 e. The number of carbonyl (C=O) groups excluding carboxylic acids is 1. The van der Waals surface area contributed by atoms with Crippen molar-refractivity contribution in [3.8, 4) is 11.4 Å². The van der Waals surface area contributed by atoms with Gasteiger partial charge in [-0.3, -0.25) is 9.69 Å². The van der Waals surface area contributed by atoms with E-state index in [1.165, 1.54) is 28.9 Å². The van der Waals surface area contributed by atoms with E-state index in [-0.39, 0.29) is 23.2 Å². The lowest BCUT2D eigenvalue weighted by Gasteiger charge is -2.38. The Morgan fingerprint density at radius 2 is 1.85 bits per heavy atom. The summed E-state index contributed by atoms with van der Waals surface area (Å²) < 4.78 is 31.8. The molecule has 5 rings (SSSR count). The zero-order chi connectivity index (χ0) is 28.4. The molecule has 0 aliphatic carbocycles. The van der Waals surface area contributed by atoms with Crippen LogP contribution in [0.5, 0.6) is 0 Å². The van der Waals surface area contributed by atoms with Crippen LogP contribution in [0.15, 0.2) is 61.4 Å². The minimum absolute atomic E-state index is 0.0501. The lowest BCUT2D eigenvalue weighted by Crippen LogP contribution is -2.50. The number of aromatic nitrogens is 4. The highest BCUT2D eigenvalue weighted by Gasteiger charge is 2.25. The van der Waals surface area contributed by atoms with Crippen LogP contribution in [0.2, 0.25) is 0 Å². The van der Waals surface area contributed by atoms with Gasteiger partial charge >= 0.3 is 0 Å². The van der Waals surface area contributed by atoms with Crippen molar-refractivity contribution in [1.82, 2.24) is 24.5 Å². The Hall–Kier alpha value is -4.42. The van der Waals surface area contributed by atoms with Crippen LogP contribution >= 0.6 is 0 Å². The Kier molecular flexibility index (Phi) is 7.46. The van der Waals surface area contributed by atoms with Crippen LogP contribution in [0.3, 0.4) is 0 Å². The Labute approximate surface area is 230 Å². The number of rotatable bonds is 8. The van der Waals surface area contributed by atoms with Crippen LogP contribution in [-0.2, 0) is 4.79 Å². The first kappa shape index (κ1) is 27.2. The number of β-amino-alcohol motifs (C(OH)–C–C–N with tert-alkyl or cyclic N) is 1. The summed E-state index contributed by atoms with van der Waals surface area (Å²) in [6.45, 7) is 9.76. The molecule has 1 saturated heterocycles. The minimum atomic E-state index is -1.03. The van der Waals surface area contributed by atoms with Crippen molar-refractivity contribution in [2.45, 2.75) is 19.4 Å². The number of halogens is 2. The topological polar surface area (TPSA) is 111 Å². The Morgan fingerprint density at radius 1 is 1.10 bits per heavy atom. The summed E-state index contributed by atoms with van der Waals surface area (Å²) in [4.78, 5) is 24.2. The second-order valence-electron chi connectivity index (χ2n) is 10.2. The maximum Gasteiger partial charge on any atom is 0.247 e. The standard InChI is InChI=1S/C28H30F2N8O2/c1-4-23(39)33-19-7-5-6-18(14-19)26-31-15-20-16-32-27(35-38(20)26)34-21-8-9-22(25(30)24(21)29)37-12-10-36(11-13-37)17-28(2,3)40/h4-9,14-16,40H,1,10-13,17H2,2-3H3,(H,33,39)(H,34,35). The first-order valence-electron chi connectivity index (χ1n) is 12.8. The molecule has 0 spiro atoms. The fraction of sp³-hybridized carbons (Fsp3) is 0.286. The number of carbonyl (C=O) groups is 1. The van der Waals surface area contributed by atoms with Crippen molar-refractivity contribution in [2.24, 2.45) is 0 Å². The summed E-state index contributed by atoms with van der Waals surface area (Å²) in [6.07, 6.45) is 4.28. The monoisotopic (exact) mass is 548 g/mol. The molecule has 3 N–H and O–H groups in total. The molecule has 0 atom stereocenters. The summed E-state index contributed by atoms with van der Waals surface area (Å²) >= 11 is 0. The molecule has 10 nitrogen and oxygen atoms in total. The number of aliphatic hydroxyl groups is 1. The van der Waals surface area contributed by atoms with Crippen molar-refractivity contribution in [2.75, 3.05) is 48.3 Å².